The van der Waals surface area contributed by atoms with E-state index in [1.54, 1.807) is 6.92 Å². The average Bonchev–Trinajstić information content (AvgIpc) is 2.88. The fourth-order valence-electron chi connectivity index (χ4n) is 2.55. The second-order valence-electron chi connectivity index (χ2n) is 5.62. The van der Waals surface area contributed by atoms with Crippen LogP contribution in [0.15, 0.2) is 42.0 Å². The average molecular weight is 301 g/mol. The summed E-state index contributed by atoms with van der Waals surface area (Å²) in [7, 11) is 0. The zero-order valence-electron chi connectivity index (χ0n) is 13.2. The molecule has 1 atom stereocenters. The summed E-state index contributed by atoms with van der Waals surface area (Å²) in [5, 5.41) is 0. The van der Waals surface area contributed by atoms with E-state index >= 15 is 0 Å². The maximum atomic E-state index is 12.5. The van der Waals surface area contributed by atoms with Crippen LogP contribution in [0.2, 0.25) is 0 Å². The molecule has 0 bridgehead atoms. The molecule has 0 saturated carbocycles. The minimum Gasteiger partial charge on any atom is -0.447 e. The van der Waals surface area contributed by atoms with Gasteiger partial charge in [0.1, 0.15) is 6.61 Å². The molecule has 2 amide bonds. The van der Waals surface area contributed by atoms with E-state index in [0.29, 0.717) is 12.0 Å². The number of rotatable bonds is 6. The van der Waals surface area contributed by atoms with Gasteiger partial charge in [-0.3, -0.25) is 4.79 Å². The second-order valence-corrected chi connectivity index (χ2v) is 5.62. The summed E-state index contributed by atoms with van der Waals surface area (Å²) in [5.41, 5.74) is 1.71. The van der Waals surface area contributed by atoms with Gasteiger partial charge in [-0.15, -0.1) is 0 Å². The Labute approximate surface area is 131 Å². The number of carbonyl (C=O) groups is 2. The lowest BCUT2D eigenvalue weighted by Gasteiger charge is -2.20. The van der Waals surface area contributed by atoms with Gasteiger partial charge in [-0.05, 0) is 25.3 Å². The van der Waals surface area contributed by atoms with Crippen LogP contribution in [-0.4, -0.2) is 29.5 Å². The van der Waals surface area contributed by atoms with Crippen LogP contribution in [0.25, 0.3) is 0 Å². The highest BCUT2D eigenvalue weighted by molar-refractivity contribution is 6.03. The van der Waals surface area contributed by atoms with Crippen molar-refractivity contribution in [3.05, 3.63) is 47.5 Å². The van der Waals surface area contributed by atoms with Gasteiger partial charge in [0.25, 0.3) is 5.91 Å². The van der Waals surface area contributed by atoms with Crippen molar-refractivity contribution in [3.63, 3.8) is 0 Å². The highest BCUT2D eigenvalue weighted by Gasteiger charge is 2.38. The van der Waals surface area contributed by atoms with Gasteiger partial charge < -0.3 is 4.74 Å². The molecule has 0 unspecified atom stereocenters. The standard InChI is InChI=1S/C18H23NO3/c1-3-4-6-9-14(2)17(20)19-16(13-22-18(19)21)12-15-10-7-5-8-11-15/h5,7-11,16H,3-4,6,12-13H2,1-2H3/t16-/m0/s1. The van der Waals surface area contributed by atoms with Crippen molar-refractivity contribution in [1.29, 1.82) is 0 Å². The number of benzene rings is 1. The molecule has 1 aromatic rings. The van der Waals surface area contributed by atoms with Crippen molar-refractivity contribution >= 4 is 12.0 Å². The highest BCUT2D eigenvalue weighted by Crippen LogP contribution is 2.20. The molecule has 1 fully saturated rings. The van der Waals surface area contributed by atoms with Gasteiger partial charge in [-0.25, -0.2) is 9.69 Å². The molecule has 0 aliphatic carbocycles. The van der Waals surface area contributed by atoms with Crippen LogP contribution in [0.3, 0.4) is 0 Å². The number of carbonyl (C=O) groups excluding carboxylic acids is 2. The molecule has 0 N–H and O–H groups in total. The summed E-state index contributed by atoms with van der Waals surface area (Å²) in [6, 6.07) is 9.62. The van der Waals surface area contributed by atoms with Gasteiger partial charge in [-0.2, -0.15) is 0 Å². The van der Waals surface area contributed by atoms with Crippen molar-refractivity contribution in [3.8, 4) is 0 Å². The van der Waals surface area contributed by atoms with E-state index in [2.05, 4.69) is 6.92 Å². The number of amides is 2. The lowest BCUT2D eigenvalue weighted by Crippen LogP contribution is -2.40. The number of cyclic esters (lactones) is 1. The van der Waals surface area contributed by atoms with Crippen LogP contribution < -0.4 is 0 Å². The van der Waals surface area contributed by atoms with Crippen LogP contribution in [0.1, 0.15) is 38.7 Å². The van der Waals surface area contributed by atoms with E-state index in [-0.39, 0.29) is 18.6 Å². The van der Waals surface area contributed by atoms with Crippen LogP contribution in [0.4, 0.5) is 4.79 Å². The maximum Gasteiger partial charge on any atom is 0.417 e. The number of ether oxygens (including phenoxy) is 1. The molecule has 1 heterocycles. The SMILES string of the molecule is CCCCC=C(C)C(=O)N1C(=O)OC[C@@H]1Cc1ccccc1. The third-order valence-electron chi connectivity index (χ3n) is 3.84. The molecule has 22 heavy (non-hydrogen) atoms. The van der Waals surface area contributed by atoms with Crippen LogP contribution in [0, 0.1) is 0 Å². The quantitative estimate of drug-likeness (QED) is 0.594. The van der Waals surface area contributed by atoms with E-state index in [1.807, 2.05) is 36.4 Å². The van der Waals surface area contributed by atoms with Gasteiger partial charge in [0, 0.05) is 5.57 Å². The normalized spacial score (nSPS) is 18.5. The van der Waals surface area contributed by atoms with E-state index in [1.165, 1.54) is 4.90 Å². The number of unbranched alkanes of at least 4 members (excludes halogenated alkanes) is 2. The van der Waals surface area contributed by atoms with Gasteiger partial charge in [0.15, 0.2) is 0 Å². The first-order chi connectivity index (χ1) is 10.6. The van der Waals surface area contributed by atoms with E-state index < -0.39 is 6.09 Å². The number of imide groups is 1. The number of nitrogens with zero attached hydrogens (tertiary/aromatic N) is 1. The predicted molar refractivity (Wildman–Crippen MR) is 85.4 cm³/mol. The molecule has 118 valence electrons. The Morgan fingerprint density at radius 1 is 1.36 bits per heavy atom. The highest BCUT2D eigenvalue weighted by atomic mass is 16.6. The Morgan fingerprint density at radius 2 is 2.09 bits per heavy atom. The van der Waals surface area contributed by atoms with Crippen molar-refractivity contribution in [2.75, 3.05) is 6.61 Å². The second kappa shape index (κ2) is 7.78. The first-order valence-corrected chi connectivity index (χ1v) is 7.84. The third-order valence-corrected chi connectivity index (χ3v) is 3.84. The molecule has 2 rings (SSSR count). The Balaban J connectivity index is 2.07. The van der Waals surface area contributed by atoms with Crippen LogP contribution >= 0.6 is 0 Å². The fraction of sp³-hybridized carbons (Fsp3) is 0.444. The van der Waals surface area contributed by atoms with Crippen molar-refractivity contribution < 1.29 is 14.3 Å². The minimum absolute atomic E-state index is 0.225. The zero-order valence-corrected chi connectivity index (χ0v) is 13.2. The molecule has 1 saturated heterocycles. The van der Waals surface area contributed by atoms with Crippen LogP contribution in [-0.2, 0) is 16.0 Å². The van der Waals surface area contributed by atoms with E-state index in [9.17, 15) is 9.59 Å². The van der Waals surface area contributed by atoms with Crippen molar-refractivity contribution in [1.82, 2.24) is 4.90 Å². The molecule has 1 aromatic carbocycles. The van der Waals surface area contributed by atoms with Crippen molar-refractivity contribution in [2.45, 2.75) is 45.6 Å². The Morgan fingerprint density at radius 3 is 2.77 bits per heavy atom. The molecule has 4 heteroatoms. The topological polar surface area (TPSA) is 46.6 Å². The molecule has 0 spiro atoms. The summed E-state index contributed by atoms with van der Waals surface area (Å²) >= 11 is 0. The first kappa shape index (κ1) is 16.3. The molecule has 0 radical (unpaired) electrons. The van der Waals surface area contributed by atoms with Crippen molar-refractivity contribution in [2.24, 2.45) is 0 Å². The van der Waals surface area contributed by atoms with Gasteiger partial charge >= 0.3 is 6.09 Å². The molecular formula is C18H23NO3. The summed E-state index contributed by atoms with van der Waals surface area (Å²) in [4.78, 5) is 25.7. The Hall–Kier alpha value is -2.10. The molecule has 4 nitrogen and oxygen atoms in total. The number of hydrogen-bond donors (Lipinski definition) is 0. The predicted octanol–water partition coefficient (Wildman–Crippen LogP) is 3.71. The molecule has 1 aliphatic heterocycles. The summed E-state index contributed by atoms with van der Waals surface area (Å²) < 4.78 is 5.09. The van der Waals surface area contributed by atoms with E-state index in [4.69, 9.17) is 4.74 Å². The minimum atomic E-state index is -0.533. The summed E-state index contributed by atoms with van der Waals surface area (Å²) in [5.74, 6) is -0.237. The van der Waals surface area contributed by atoms with Gasteiger partial charge in [0.2, 0.25) is 0 Å². The fourth-order valence-corrected chi connectivity index (χ4v) is 2.55. The van der Waals surface area contributed by atoms with E-state index in [0.717, 1.165) is 24.8 Å². The smallest absolute Gasteiger partial charge is 0.417 e. The lowest BCUT2D eigenvalue weighted by molar-refractivity contribution is -0.125. The zero-order chi connectivity index (χ0) is 15.9. The van der Waals surface area contributed by atoms with Crippen LogP contribution in [0.5, 0.6) is 0 Å². The molecule has 1 aliphatic rings. The summed E-state index contributed by atoms with van der Waals surface area (Å²) in [6.07, 6.45) is 5.00. The first-order valence-electron chi connectivity index (χ1n) is 7.84. The summed E-state index contributed by atoms with van der Waals surface area (Å²) in [6.45, 7) is 4.14. The Kier molecular flexibility index (Phi) is 5.75. The lowest BCUT2D eigenvalue weighted by atomic mass is 10.0. The largest absolute Gasteiger partial charge is 0.447 e. The Bertz CT molecular complexity index is 551. The maximum absolute atomic E-state index is 12.5. The third kappa shape index (κ3) is 3.97. The monoisotopic (exact) mass is 301 g/mol. The molecule has 0 aromatic heterocycles. The van der Waals surface area contributed by atoms with Gasteiger partial charge in [0.05, 0.1) is 6.04 Å². The molecular weight excluding hydrogens is 278 g/mol. The number of allylic oxidation sites excluding steroid dienone is 1. The van der Waals surface area contributed by atoms with Gasteiger partial charge in [-0.1, -0.05) is 56.2 Å². The number of hydrogen-bond acceptors (Lipinski definition) is 3.